The topological polar surface area (TPSA) is 140 Å². The zero-order valence-corrected chi connectivity index (χ0v) is 18.8. The quantitative estimate of drug-likeness (QED) is 0.335. The van der Waals surface area contributed by atoms with Crippen LogP contribution in [0, 0.1) is 0 Å². The van der Waals surface area contributed by atoms with E-state index in [0.717, 1.165) is 0 Å². The summed E-state index contributed by atoms with van der Waals surface area (Å²) < 4.78 is 14.8. The van der Waals surface area contributed by atoms with Crippen molar-refractivity contribution >= 4 is 41.0 Å². The molecule has 146 valence electrons. The summed E-state index contributed by atoms with van der Waals surface area (Å²) in [4.78, 5) is 35.9. The second-order valence-electron chi connectivity index (χ2n) is 6.24. The van der Waals surface area contributed by atoms with E-state index in [2.05, 4.69) is 0 Å². The van der Waals surface area contributed by atoms with Crippen molar-refractivity contribution in [1.82, 2.24) is 0 Å². The maximum atomic E-state index is 12.0. The summed E-state index contributed by atoms with van der Waals surface area (Å²) in [6, 6.07) is 0. The summed E-state index contributed by atoms with van der Waals surface area (Å²) in [7, 11) is 0. The molecule has 0 aromatic heterocycles. The third-order valence-electron chi connectivity index (χ3n) is 3.86. The monoisotopic (exact) mass is 560 g/mol. The summed E-state index contributed by atoms with van der Waals surface area (Å²) in [6.07, 6.45) is 0.0555. The minimum absolute atomic E-state index is 0.0185. The first kappa shape index (κ1) is 24.2. The van der Waals surface area contributed by atoms with Gasteiger partial charge in [-0.1, -0.05) is 0 Å². The molecule has 3 unspecified atom stereocenters. The van der Waals surface area contributed by atoms with Gasteiger partial charge in [-0.3, -0.25) is 0 Å². The molecule has 9 nitrogen and oxygen atoms in total. The van der Waals surface area contributed by atoms with E-state index < -0.39 is 57.8 Å². The molecule has 10 heteroatoms. The molecule has 3 atom stereocenters. The first-order valence-electron chi connectivity index (χ1n) is 7.88. The molecule has 0 amide bonds. The van der Waals surface area contributed by atoms with E-state index in [0.29, 0.717) is 0 Å². The van der Waals surface area contributed by atoms with Crippen molar-refractivity contribution in [3.8, 4) is 0 Å². The molecule has 0 aliphatic rings. The SMILES string of the molecule is CCC(C)(O)C(=O)[O][Bi]([O]C(=O)C(C)(O)CC)[O]C(=O)C(C)(O)CC. The van der Waals surface area contributed by atoms with E-state index in [1.807, 2.05) is 0 Å². The van der Waals surface area contributed by atoms with Crippen molar-refractivity contribution in [1.29, 1.82) is 0 Å². The number of aliphatic hydroxyl groups is 3. The van der Waals surface area contributed by atoms with Crippen LogP contribution in [0.2, 0.25) is 0 Å². The second kappa shape index (κ2) is 9.21. The summed E-state index contributed by atoms with van der Waals surface area (Å²) in [5.74, 6) is -3.33. The molecule has 0 rings (SSSR count). The molecular weight excluding hydrogens is 533 g/mol. The molecule has 3 N–H and O–H groups in total. The van der Waals surface area contributed by atoms with Crippen LogP contribution >= 0.6 is 0 Å². The Morgan fingerprint density at radius 2 is 0.880 bits per heavy atom. The Bertz CT molecular complexity index is 428. The van der Waals surface area contributed by atoms with Gasteiger partial charge in [0.05, 0.1) is 0 Å². The normalized spacial score (nSPS) is 18.5. The van der Waals surface area contributed by atoms with Crippen LogP contribution in [-0.4, -0.2) is 73.1 Å². The van der Waals surface area contributed by atoms with Gasteiger partial charge in [0, 0.05) is 0 Å². The van der Waals surface area contributed by atoms with Crippen LogP contribution in [0.15, 0.2) is 0 Å². The average molecular weight is 560 g/mol. The Kier molecular flexibility index (Phi) is 8.90. The Balaban J connectivity index is 5.35. The van der Waals surface area contributed by atoms with Gasteiger partial charge in [-0.2, -0.15) is 0 Å². The fourth-order valence-electron chi connectivity index (χ4n) is 0.987. The van der Waals surface area contributed by atoms with Gasteiger partial charge >= 0.3 is 157 Å². The summed E-state index contributed by atoms with van der Waals surface area (Å²) in [5.41, 5.74) is -5.56. The Labute approximate surface area is 156 Å². The number of hydrogen-bond acceptors (Lipinski definition) is 9. The predicted molar refractivity (Wildman–Crippen MR) is 86.8 cm³/mol. The van der Waals surface area contributed by atoms with Gasteiger partial charge in [-0.15, -0.1) is 0 Å². The van der Waals surface area contributed by atoms with E-state index in [9.17, 15) is 29.7 Å². The molecule has 0 saturated carbocycles. The van der Waals surface area contributed by atoms with Gasteiger partial charge in [0.25, 0.3) is 0 Å². The first-order chi connectivity index (χ1) is 11.2. The van der Waals surface area contributed by atoms with Crippen molar-refractivity contribution < 1.29 is 38.1 Å². The van der Waals surface area contributed by atoms with Crippen LogP contribution in [0.25, 0.3) is 0 Å². The number of rotatable bonds is 9. The zero-order valence-electron chi connectivity index (χ0n) is 15.4. The van der Waals surface area contributed by atoms with E-state index >= 15 is 0 Å². The molecule has 0 radical (unpaired) electrons. The van der Waals surface area contributed by atoms with Gasteiger partial charge in [0.15, 0.2) is 0 Å². The third kappa shape index (κ3) is 7.13. The van der Waals surface area contributed by atoms with Crippen molar-refractivity contribution in [2.45, 2.75) is 77.6 Å². The molecule has 0 heterocycles. The van der Waals surface area contributed by atoms with Crippen LogP contribution in [0.5, 0.6) is 0 Å². The molecule has 25 heavy (non-hydrogen) atoms. The standard InChI is InChI=1S/3C5H10O3.Bi/c3*1-3-5(2,8)4(6)7;/h3*8H,3H2,1-2H3,(H,6,7);/q;;;+3/p-3. The van der Waals surface area contributed by atoms with E-state index in [4.69, 9.17) is 8.44 Å². The Morgan fingerprint density at radius 3 is 1.04 bits per heavy atom. The molecule has 0 aliphatic heterocycles. The number of carbonyl (C=O) groups is 3. The Hall–Kier alpha value is -0.827. The van der Waals surface area contributed by atoms with E-state index in [1.165, 1.54) is 41.5 Å². The average Bonchev–Trinajstić information content (AvgIpc) is 2.54. The molecular formula is C15H27BiO9. The summed E-state index contributed by atoms with van der Waals surface area (Å²) in [6.45, 7) is 8.20. The predicted octanol–water partition coefficient (Wildman–Crippen LogP) is 0.0839. The van der Waals surface area contributed by atoms with E-state index in [1.54, 1.807) is 0 Å². The van der Waals surface area contributed by atoms with Gasteiger partial charge in [0.1, 0.15) is 0 Å². The van der Waals surface area contributed by atoms with Crippen LogP contribution in [0.4, 0.5) is 0 Å². The van der Waals surface area contributed by atoms with Crippen molar-refractivity contribution in [3.63, 3.8) is 0 Å². The van der Waals surface area contributed by atoms with E-state index in [-0.39, 0.29) is 19.3 Å². The maximum absolute atomic E-state index is 12.0. The van der Waals surface area contributed by atoms with Crippen LogP contribution in [-0.2, 0) is 22.8 Å². The van der Waals surface area contributed by atoms with Gasteiger partial charge < -0.3 is 0 Å². The molecule has 0 aromatic carbocycles. The summed E-state index contributed by atoms with van der Waals surface area (Å²) >= 11 is -4.53. The molecule has 0 aromatic rings. The van der Waals surface area contributed by atoms with Crippen molar-refractivity contribution in [3.05, 3.63) is 0 Å². The number of hydrogen-bond donors (Lipinski definition) is 3. The first-order valence-corrected chi connectivity index (χ1v) is 12.1. The van der Waals surface area contributed by atoms with Crippen LogP contribution in [0.1, 0.15) is 60.8 Å². The van der Waals surface area contributed by atoms with Crippen molar-refractivity contribution in [2.75, 3.05) is 0 Å². The van der Waals surface area contributed by atoms with Gasteiger partial charge in [-0.25, -0.2) is 0 Å². The second-order valence-corrected chi connectivity index (χ2v) is 10.1. The fourth-order valence-corrected chi connectivity index (χ4v) is 5.29. The molecule has 0 fully saturated rings. The number of carbonyl (C=O) groups excluding carboxylic acids is 3. The van der Waals surface area contributed by atoms with Gasteiger partial charge in [0.2, 0.25) is 0 Å². The van der Waals surface area contributed by atoms with Crippen molar-refractivity contribution in [2.24, 2.45) is 0 Å². The van der Waals surface area contributed by atoms with Gasteiger partial charge in [-0.05, 0) is 0 Å². The Morgan fingerprint density at radius 1 is 0.680 bits per heavy atom. The third-order valence-corrected chi connectivity index (χ3v) is 7.53. The molecule has 0 spiro atoms. The fraction of sp³-hybridized carbons (Fsp3) is 0.800. The van der Waals surface area contributed by atoms with Crippen LogP contribution < -0.4 is 0 Å². The molecule has 0 saturated heterocycles. The molecule has 0 bridgehead atoms. The molecule has 0 aliphatic carbocycles. The zero-order chi connectivity index (χ0) is 20.1. The minimum atomic E-state index is -4.53. The van der Waals surface area contributed by atoms with Crippen LogP contribution in [0.3, 0.4) is 0 Å². The summed E-state index contributed by atoms with van der Waals surface area (Å²) in [5, 5.41) is 29.7.